The van der Waals surface area contributed by atoms with Crippen LogP contribution in [0.4, 0.5) is 22.9 Å². The SMILES string of the molecule is C=C1c2nc(C)nn2-c2cccc(Nc3cc(NC(=O)C4CC4)ncc3C(=O)NOCC)c2N1C. The Bertz CT molecular complexity index is 1340. The second-order valence-electron chi connectivity index (χ2n) is 8.44. The monoisotopic (exact) mass is 474 g/mol. The van der Waals surface area contributed by atoms with Crippen molar-refractivity contribution in [1.29, 1.82) is 0 Å². The topological polar surface area (TPSA) is 126 Å². The summed E-state index contributed by atoms with van der Waals surface area (Å²) in [6, 6.07) is 7.37. The molecule has 180 valence electrons. The Hall–Kier alpha value is -4.25. The largest absolute Gasteiger partial charge is 0.353 e. The number of hydrogen-bond donors (Lipinski definition) is 3. The number of hydroxylamine groups is 1. The Balaban J connectivity index is 1.55. The van der Waals surface area contributed by atoms with Crippen LogP contribution >= 0.6 is 0 Å². The van der Waals surface area contributed by atoms with E-state index in [2.05, 4.69) is 37.8 Å². The summed E-state index contributed by atoms with van der Waals surface area (Å²) in [5, 5.41) is 10.7. The minimum absolute atomic E-state index is 0.0234. The van der Waals surface area contributed by atoms with Crippen molar-refractivity contribution in [2.24, 2.45) is 5.92 Å². The summed E-state index contributed by atoms with van der Waals surface area (Å²) in [5.74, 6) is 1.15. The number of hydrogen-bond acceptors (Lipinski definition) is 8. The molecule has 0 saturated heterocycles. The van der Waals surface area contributed by atoms with Crippen LogP contribution in [0.2, 0.25) is 0 Å². The first-order chi connectivity index (χ1) is 16.9. The predicted octanol–water partition coefficient (Wildman–Crippen LogP) is 3.16. The third kappa shape index (κ3) is 4.21. The van der Waals surface area contributed by atoms with Gasteiger partial charge in [0.1, 0.15) is 11.6 Å². The number of carbonyl (C=O) groups excluding carboxylic acids is 2. The van der Waals surface area contributed by atoms with Crippen LogP contribution in [0.15, 0.2) is 37.0 Å². The highest BCUT2D eigenvalue weighted by Crippen LogP contribution is 2.42. The van der Waals surface area contributed by atoms with Crippen molar-refractivity contribution in [1.82, 2.24) is 25.2 Å². The molecule has 1 aliphatic heterocycles. The first-order valence-electron chi connectivity index (χ1n) is 11.4. The van der Waals surface area contributed by atoms with Gasteiger partial charge in [-0.15, -0.1) is 0 Å². The Morgan fingerprint density at radius 2 is 2.06 bits per heavy atom. The minimum atomic E-state index is -0.460. The number of rotatable bonds is 7. The summed E-state index contributed by atoms with van der Waals surface area (Å²) >= 11 is 0. The van der Waals surface area contributed by atoms with E-state index in [-0.39, 0.29) is 17.4 Å². The summed E-state index contributed by atoms with van der Waals surface area (Å²) in [6.45, 7) is 8.10. The molecule has 0 atom stereocenters. The van der Waals surface area contributed by atoms with Crippen molar-refractivity contribution in [3.63, 3.8) is 0 Å². The molecule has 1 saturated carbocycles. The summed E-state index contributed by atoms with van der Waals surface area (Å²) in [5.41, 5.74) is 6.14. The summed E-state index contributed by atoms with van der Waals surface area (Å²) in [7, 11) is 1.90. The number of anilines is 4. The van der Waals surface area contributed by atoms with Crippen molar-refractivity contribution in [2.45, 2.75) is 26.7 Å². The summed E-state index contributed by atoms with van der Waals surface area (Å²) < 4.78 is 1.76. The molecule has 5 rings (SSSR count). The van der Waals surface area contributed by atoms with E-state index >= 15 is 0 Å². The molecule has 11 nitrogen and oxygen atoms in total. The number of carbonyl (C=O) groups is 2. The average Bonchev–Trinajstić information content (AvgIpc) is 3.62. The van der Waals surface area contributed by atoms with Gasteiger partial charge in [-0.25, -0.2) is 20.1 Å². The average molecular weight is 475 g/mol. The van der Waals surface area contributed by atoms with Gasteiger partial charge < -0.3 is 15.5 Å². The number of para-hydroxylation sites is 1. The zero-order valence-corrected chi connectivity index (χ0v) is 19.8. The van der Waals surface area contributed by atoms with Crippen LogP contribution in [0.3, 0.4) is 0 Å². The number of amides is 2. The maximum absolute atomic E-state index is 12.8. The standard InChI is InChI=1S/C24H26N8O3/c1-5-35-30-24(34)16-12-25-20(28-23(33)15-9-10-15)11-18(16)27-17-7-6-8-19-21(17)31(4)13(2)22-26-14(3)29-32(19)22/h6-8,11-12,15H,2,5,9-10H2,1,3-4H3,(H,30,34)(H2,25,27,28,33). The summed E-state index contributed by atoms with van der Waals surface area (Å²) in [6.07, 6.45) is 3.17. The van der Waals surface area contributed by atoms with Crippen LogP contribution in [-0.4, -0.2) is 45.2 Å². The van der Waals surface area contributed by atoms with E-state index in [0.29, 0.717) is 41.1 Å². The van der Waals surface area contributed by atoms with Crippen molar-refractivity contribution < 1.29 is 14.4 Å². The maximum atomic E-state index is 12.8. The smallest absolute Gasteiger partial charge is 0.278 e. The van der Waals surface area contributed by atoms with Gasteiger partial charge in [0.15, 0.2) is 5.82 Å². The lowest BCUT2D eigenvalue weighted by atomic mass is 10.1. The molecule has 2 aromatic heterocycles. The Labute approximate surface area is 202 Å². The fraction of sp³-hybridized carbons (Fsp3) is 0.292. The van der Waals surface area contributed by atoms with Crippen molar-refractivity contribution in [2.75, 3.05) is 29.2 Å². The van der Waals surface area contributed by atoms with E-state index in [1.807, 2.05) is 37.1 Å². The van der Waals surface area contributed by atoms with Gasteiger partial charge in [-0.3, -0.25) is 14.4 Å². The molecule has 2 aliphatic rings. The number of fused-ring (bicyclic) bond motifs is 3. The molecule has 3 N–H and O–H groups in total. The number of pyridine rings is 1. The van der Waals surface area contributed by atoms with Crippen molar-refractivity contribution in [3.05, 3.63) is 54.3 Å². The van der Waals surface area contributed by atoms with E-state index in [4.69, 9.17) is 4.84 Å². The molecule has 1 aliphatic carbocycles. The molecule has 0 spiro atoms. The van der Waals surface area contributed by atoms with E-state index in [1.54, 1.807) is 17.7 Å². The zero-order chi connectivity index (χ0) is 24.7. The number of aromatic nitrogens is 4. The fourth-order valence-corrected chi connectivity index (χ4v) is 3.93. The molecular formula is C24H26N8O3. The van der Waals surface area contributed by atoms with Gasteiger partial charge in [0.05, 0.1) is 40.6 Å². The quantitative estimate of drug-likeness (QED) is 0.446. The molecule has 3 aromatic rings. The van der Waals surface area contributed by atoms with Crippen molar-refractivity contribution >= 4 is 40.4 Å². The lowest BCUT2D eigenvalue weighted by Gasteiger charge is -2.31. The predicted molar refractivity (Wildman–Crippen MR) is 131 cm³/mol. The highest BCUT2D eigenvalue weighted by Gasteiger charge is 2.31. The normalized spacial score (nSPS) is 14.3. The molecule has 11 heteroatoms. The van der Waals surface area contributed by atoms with Gasteiger partial charge in [-0.05, 0) is 38.8 Å². The third-order valence-corrected chi connectivity index (χ3v) is 5.88. The Morgan fingerprint density at radius 3 is 2.80 bits per heavy atom. The molecular weight excluding hydrogens is 448 g/mol. The molecule has 1 fully saturated rings. The summed E-state index contributed by atoms with van der Waals surface area (Å²) in [4.78, 5) is 40.9. The van der Waals surface area contributed by atoms with Gasteiger partial charge in [0.25, 0.3) is 5.91 Å². The lowest BCUT2D eigenvalue weighted by molar-refractivity contribution is -0.117. The first-order valence-corrected chi connectivity index (χ1v) is 11.4. The first kappa shape index (κ1) is 22.5. The fourth-order valence-electron chi connectivity index (χ4n) is 3.93. The Morgan fingerprint density at radius 1 is 1.26 bits per heavy atom. The minimum Gasteiger partial charge on any atom is -0.353 e. The Kier molecular flexibility index (Phi) is 5.69. The van der Waals surface area contributed by atoms with E-state index < -0.39 is 5.91 Å². The van der Waals surface area contributed by atoms with Crippen LogP contribution in [0, 0.1) is 12.8 Å². The molecule has 0 radical (unpaired) electrons. The number of aryl methyl sites for hydroxylation is 1. The van der Waals surface area contributed by atoms with E-state index in [9.17, 15) is 9.59 Å². The maximum Gasteiger partial charge on any atom is 0.278 e. The second-order valence-corrected chi connectivity index (χ2v) is 8.44. The third-order valence-electron chi connectivity index (χ3n) is 5.88. The molecule has 0 bridgehead atoms. The van der Waals surface area contributed by atoms with E-state index in [1.165, 1.54) is 6.20 Å². The van der Waals surface area contributed by atoms with Gasteiger partial charge in [0.2, 0.25) is 5.91 Å². The zero-order valence-electron chi connectivity index (χ0n) is 19.8. The van der Waals surface area contributed by atoms with E-state index in [0.717, 1.165) is 24.2 Å². The highest BCUT2D eigenvalue weighted by molar-refractivity contribution is 6.02. The van der Waals surface area contributed by atoms with Crippen LogP contribution < -0.4 is 21.0 Å². The molecule has 2 amide bonds. The lowest BCUT2D eigenvalue weighted by Crippen LogP contribution is -2.26. The van der Waals surface area contributed by atoms with Gasteiger partial charge in [-0.1, -0.05) is 12.6 Å². The molecule has 1 aromatic carbocycles. The second kappa shape index (κ2) is 8.84. The number of nitrogens with one attached hydrogen (secondary N) is 3. The molecule has 3 heterocycles. The van der Waals surface area contributed by atoms with Crippen LogP contribution in [0.5, 0.6) is 0 Å². The molecule has 35 heavy (non-hydrogen) atoms. The highest BCUT2D eigenvalue weighted by atomic mass is 16.6. The van der Waals surface area contributed by atoms with Gasteiger partial charge >= 0.3 is 0 Å². The van der Waals surface area contributed by atoms with Crippen LogP contribution in [0.1, 0.15) is 41.8 Å². The van der Waals surface area contributed by atoms with Crippen LogP contribution in [-0.2, 0) is 9.63 Å². The van der Waals surface area contributed by atoms with Gasteiger partial charge in [0, 0.05) is 25.2 Å². The van der Waals surface area contributed by atoms with Gasteiger partial charge in [-0.2, -0.15) is 5.10 Å². The number of nitrogens with zero attached hydrogens (tertiary/aromatic N) is 5. The molecule has 0 unspecified atom stereocenters. The number of benzene rings is 1. The van der Waals surface area contributed by atoms with Crippen molar-refractivity contribution in [3.8, 4) is 5.69 Å². The van der Waals surface area contributed by atoms with Crippen LogP contribution in [0.25, 0.3) is 11.4 Å².